The lowest BCUT2D eigenvalue weighted by Crippen LogP contribution is -2.28. The SMILES string of the molecule is N#Cc1ncncc1OS(=O)(=O)C(F)(F)F. The summed E-state index contributed by atoms with van der Waals surface area (Å²) in [7, 11) is -5.81. The molecule has 0 saturated carbocycles. The molecule has 0 unspecified atom stereocenters. The number of alkyl halides is 3. The van der Waals surface area contributed by atoms with Crippen LogP contribution in [0.15, 0.2) is 12.5 Å². The van der Waals surface area contributed by atoms with Crippen LogP contribution in [0.1, 0.15) is 5.69 Å². The van der Waals surface area contributed by atoms with E-state index in [9.17, 15) is 21.6 Å². The van der Waals surface area contributed by atoms with Gasteiger partial charge >= 0.3 is 15.6 Å². The molecular formula is C6H2F3N3O3S. The summed E-state index contributed by atoms with van der Waals surface area (Å²) in [6.07, 6.45) is 1.51. The van der Waals surface area contributed by atoms with Gasteiger partial charge in [-0.15, -0.1) is 0 Å². The Balaban J connectivity index is 3.13. The monoisotopic (exact) mass is 253 g/mol. The Kier molecular flexibility index (Phi) is 2.99. The van der Waals surface area contributed by atoms with Gasteiger partial charge in [-0.25, -0.2) is 9.97 Å². The number of hydrogen-bond acceptors (Lipinski definition) is 6. The lowest BCUT2D eigenvalue weighted by Gasteiger charge is -2.08. The van der Waals surface area contributed by atoms with E-state index in [0.29, 0.717) is 6.20 Å². The third-order valence-corrected chi connectivity index (χ3v) is 2.23. The molecule has 10 heteroatoms. The summed E-state index contributed by atoms with van der Waals surface area (Å²) in [4.78, 5) is 6.47. The molecule has 0 aliphatic carbocycles. The van der Waals surface area contributed by atoms with Gasteiger partial charge < -0.3 is 4.18 Å². The summed E-state index contributed by atoms with van der Waals surface area (Å²) in [6.45, 7) is 0. The largest absolute Gasteiger partial charge is 0.534 e. The Morgan fingerprint density at radius 1 is 1.44 bits per heavy atom. The molecule has 0 N–H and O–H groups in total. The summed E-state index contributed by atoms with van der Waals surface area (Å²) in [5.74, 6) is -0.873. The molecule has 0 spiro atoms. The number of hydrogen-bond donors (Lipinski definition) is 0. The Morgan fingerprint density at radius 3 is 2.56 bits per heavy atom. The van der Waals surface area contributed by atoms with Crippen molar-refractivity contribution in [3.63, 3.8) is 0 Å². The topological polar surface area (TPSA) is 92.9 Å². The van der Waals surface area contributed by atoms with Gasteiger partial charge in [0.05, 0.1) is 6.20 Å². The van der Waals surface area contributed by atoms with Crippen LogP contribution in [-0.2, 0) is 10.1 Å². The minimum absolute atomic E-state index is 0.608. The number of halogens is 3. The van der Waals surface area contributed by atoms with Crippen molar-refractivity contribution in [1.82, 2.24) is 9.97 Å². The van der Waals surface area contributed by atoms with Crippen molar-refractivity contribution in [2.24, 2.45) is 0 Å². The first-order valence-electron chi connectivity index (χ1n) is 3.49. The predicted octanol–water partition coefficient (Wildman–Crippen LogP) is 0.577. The summed E-state index contributed by atoms with van der Waals surface area (Å²) in [6, 6.07) is 1.36. The maximum atomic E-state index is 11.9. The van der Waals surface area contributed by atoms with Crippen LogP contribution in [0.4, 0.5) is 13.2 Å². The number of aromatic nitrogens is 2. The summed E-state index contributed by atoms with van der Waals surface area (Å²) < 4.78 is 60.6. The second-order valence-electron chi connectivity index (χ2n) is 2.33. The fraction of sp³-hybridized carbons (Fsp3) is 0.167. The van der Waals surface area contributed by atoms with Gasteiger partial charge in [0.2, 0.25) is 0 Å². The lowest BCUT2D eigenvalue weighted by molar-refractivity contribution is -0.0500. The fourth-order valence-corrected chi connectivity index (χ4v) is 1.08. The Bertz CT molecular complexity index is 534. The van der Waals surface area contributed by atoms with Crippen LogP contribution < -0.4 is 4.18 Å². The average molecular weight is 253 g/mol. The number of nitrogens with zero attached hydrogens (tertiary/aromatic N) is 3. The first kappa shape index (κ1) is 12.2. The van der Waals surface area contributed by atoms with Gasteiger partial charge in [-0.3, -0.25) is 0 Å². The molecule has 0 aliphatic rings. The predicted molar refractivity (Wildman–Crippen MR) is 42.3 cm³/mol. The van der Waals surface area contributed by atoms with Crippen LogP contribution in [0.2, 0.25) is 0 Å². The maximum Gasteiger partial charge on any atom is 0.534 e. The molecule has 0 bridgehead atoms. The Hall–Kier alpha value is -1.89. The van der Waals surface area contributed by atoms with E-state index >= 15 is 0 Å². The van der Waals surface area contributed by atoms with Crippen molar-refractivity contribution in [2.45, 2.75) is 5.51 Å². The lowest BCUT2D eigenvalue weighted by atomic mass is 10.4. The minimum Gasteiger partial charge on any atom is -0.371 e. The molecular weight excluding hydrogens is 251 g/mol. The van der Waals surface area contributed by atoms with Crippen molar-refractivity contribution >= 4 is 10.1 Å². The third-order valence-electron chi connectivity index (χ3n) is 1.27. The zero-order chi connectivity index (χ0) is 12.4. The van der Waals surface area contributed by atoms with Gasteiger partial charge in [0.15, 0.2) is 11.4 Å². The molecule has 0 aliphatic heterocycles. The van der Waals surface area contributed by atoms with Gasteiger partial charge in [-0.2, -0.15) is 26.9 Å². The molecule has 0 amide bonds. The molecule has 0 saturated heterocycles. The van der Waals surface area contributed by atoms with Crippen molar-refractivity contribution in [3.8, 4) is 11.8 Å². The zero-order valence-corrected chi connectivity index (χ0v) is 8.08. The third kappa shape index (κ3) is 2.37. The van der Waals surface area contributed by atoms with Crippen LogP contribution in [-0.4, -0.2) is 23.9 Å². The van der Waals surface area contributed by atoms with Crippen LogP contribution in [0, 0.1) is 11.3 Å². The van der Waals surface area contributed by atoms with E-state index in [-0.39, 0.29) is 0 Å². The first-order chi connectivity index (χ1) is 7.28. The Morgan fingerprint density at radius 2 is 2.06 bits per heavy atom. The second kappa shape index (κ2) is 3.93. The zero-order valence-electron chi connectivity index (χ0n) is 7.26. The smallest absolute Gasteiger partial charge is 0.371 e. The van der Waals surface area contributed by atoms with Crippen LogP contribution >= 0.6 is 0 Å². The van der Waals surface area contributed by atoms with E-state index < -0.39 is 27.1 Å². The highest BCUT2D eigenvalue weighted by Gasteiger charge is 2.49. The highest BCUT2D eigenvalue weighted by atomic mass is 32.2. The highest BCUT2D eigenvalue weighted by Crippen LogP contribution is 2.27. The molecule has 86 valence electrons. The van der Waals surface area contributed by atoms with E-state index in [2.05, 4.69) is 14.2 Å². The molecule has 6 nitrogen and oxygen atoms in total. The Labute approximate surface area is 87.4 Å². The van der Waals surface area contributed by atoms with E-state index in [0.717, 1.165) is 6.33 Å². The van der Waals surface area contributed by atoms with E-state index in [1.807, 2.05) is 0 Å². The quantitative estimate of drug-likeness (QED) is 0.565. The molecule has 1 heterocycles. The second-order valence-corrected chi connectivity index (χ2v) is 3.87. The standard InChI is InChI=1S/C6H2F3N3O3S/c7-6(8,9)16(13,14)15-5-2-11-3-12-4(5)1-10/h2-3H. The van der Waals surface area contributed by atoms with E-state index in [4.69, 9.17) is 5.26 Å². The van der Waals surface area contributed by atoms with Gasteiger partial charge in [0.25, 0.3) is 0 Å². The van der Waals surface area contributed by atoms with Gasteiger partial charge in [0.1, 0.15) is 12.4 Å². The van der Waals surface area contributed by atoms with Crippen molar-refractivity contribution < 1.29 is 25.8 Å². The fourth-order valence-electron chi connectivity index (χ4n) is 0.627. The summed E-state index contributed by atoms with van der Waals surface area (Å²) in [5, 5.41) is 8.42. The highest BCUT2D eigenvalue weighted by molar-refractivity contribution is 7.88. The number of rotatable bonds is 2. The molecule has 1 rings (SSSR count). The molecule has 0 fully saturated rings. The van der Waals surface area contributed by atoms with Gasteiger partial charge in [0, 0.05) is 0 Å². The maximum absolute atomic E-state index is 11.9. The summed E-state index contributed by atoms with van der Waals surface area (Å²) in [5.41, 5.74) is -6.18. The normalized spacial score (nSPS) is 11.9. The molecule has 1 aromatic heterocycles. The average Bonchev–Trinajstić information content (AvgIpc) is 2.16. The van der Waals surface area contributed by atoms with Crippen LogP contribution in [0.25, 0.3) is 0 Å². The number of nitriles is 1. The van der Waals surface area contributed by atoms with E-state index in [1.165, 1.54) is 6.07 Å². The van der Waals surface area contributed by atoms with Crippen molar-refractivity contribution in [1.29, 1.82) is 5.26 Å². The molecule has 0 aromatic carbocycles. The van der Waals surface area contributed by atoms with Crippen LogP contribution in [0.5, 0.6) is 5.75 Å². The summed E-state index contributed by atoms with van der Waals surface area (Å²) >= 11 is 0. The van der Waals surface area contributed by atoms with Crippen LogP contribution in [0.3, 0.4) is 0 Å². The molecule has 0 atom stereocenters. The van der Waals surface area contributed by atoms with Crippen molar-refractivity contribution in [3.05, 3.63) is 18.2 Å². The molecule has 1 aromatic rings. The van der Waals surface area contributed by atoms with Gasteiger partial charge in [-0.05, 0) is 0 Å². The first-order valence-corrected chi connectivity index (χ1v) is 4.89. The van der Waals surface area contributed by atoms with Gasteiger partial charge in [-0.1, -0.05) is 0 Å². The van der Waals surface area contributed by atoms with E-state index in [1.54, 1.807) is 0 Å². The molecule has 16 heavy (non-hydrogen) atoms. The molecule has 0 radical (unpaired) electrons. The van der Waals surface area contributed by atoms with Crippen molar-refractivity contribution in [2.75, 3.05) is 0 Å². The minimum atomic E-state index is -5.81.